The first-order valence-corrected chi connectivity index (χ1v) is 9.18. The highest BCUT2D eigenvalue weighted by atomic mass is 32.1. The van der Waals surface area contributed by atoms with Crippen molar-refractivity contribution in [2.75, 3.05) is 0 Å². The molecule has 140 valence electrons. The number of benzene rings is 2. The minimum atomic E-state index is -0.771. The van der Waals surface area contributed by atoms with Crippen LogP contribution >= 0.6 is 11.3 Å². The molecule has 0 bridgehead atoms. The standard InChI is InChI=1S/C20H19FN2O3S/c1-11(19(22)24)23-20(25)18-12(2)27-17-8-7-14(9-15(17)18)26-10-13-5-3-4-6-16(13)21/h3-9,11H,10H2,1-2H3,(H2,22,24)(H,23,25). The Hall–Kier alpha value is -2.93. The van der Waals surface area contributed by atoms with E-state index in [1.54, 1.807) is 30.3 Å². The van der Waals surface area contributed by atoms with Gasteiger partial charge in [-0.3, -0.25) is 9.59 Å². The maximum absolute atomic E-state index is 13.7. The highest BCUT2D eigenvalue weighted by molar-refractivity contribution is 7.19. The van der Waals surface area contributed by atoms with E-state index in [1.807, 2.05) is 13.0 Å². The van der Waals surface area contributed by atoms with Crippen molar-refractivity contribution in [3.05, 3.63) is 64.3 Å². The van der Waals surface area contributed by atoms with Gasteiger partial charge in [0.1, 0.15) is 24.2 Å². The predicted molar refractivity (Wildman–Crippen MR) is 103 cm³/mol. The summed E-state index contributed by atoms with van der Waals surface area (Å²) in [5.74, 6) is -0.767. The summed E-state index contributed by atoms with van der Waals surface area (Å²) in [6.07, 6.45) is 0. The predicted octanol–water partition coefficient (Wildman–Crippen LogP) is 3.53. The van der Waals surface area contributed by atoms with Crippen LogP contribution in [0.5, 0.6) is 5.75 Å². The van der Waals surface area contributed by atoms with Crippen molar-refractivity contribution in [1.82, 2.24) is 5.32 Å². The van der Waals surface area contributed by atoms with Crippen molar-refractivity contribution in [3.8, 4) is 5.75 Å². The molecule has 27 heavy (non-hydrogen) atoms. The third-order valence-electron chi connectivity index (χ3n) is 4.19. The molecule has 3 rings (SSSR count). The Bertz CT molecular complexity index is 1020. The fourth-order valence-electron chi connectivity index (χ4n) is 2.69. The first-order chi connectivity index (χ1) is 12.9. The molecule has 0 spiro atoms. The van der Waals surface area contributed by atoms with E-state index < -0.39 is 11.9 Å². The number of carbonyl (C=O) groups is 2. The van der Waals surface area contributed by atoms with Gasteiger partial charge < -0.3 is 15.8 Å². The van der Waals surface area contributed by atoms with Crippen LogP contribution in [0.4, 0.5) is 4.39 Å². The first kappa shape index (κ1) is 18.8. The number of nitrogens with two attached hydrogens (primary N) is 1. The van der Waals surface area contributed by atoms with Crippen LogP contribution in [-0.4, -0.2) is 17.9 Å². The number of hydrogen-bond donors (Lipinski definition) is 2. The summed E-state index contributed by atoms with van der Waals surface area (Å²) in [7, 11) is 0. The Morgan fingerprint density at radius 2 is 2.00 bits per heavy atom. The molecule has 5 nitrogen and oxygen atoms in total. The molecule has 7 heteroatoms. The zero-order chi connectivity index (χ0) is 19.6. The molecule has 2 amide bonds. The van der Waals surface area contributed by atoms with Crippen molar-refractivity contribution in [2.45, 2.75) is 26.5 Å². The summed E-state index contributed by atoms with van der Waals surface area (Å²) in [6, 6.07) is 11.0. The number of hydrogen-bond acceptors (Lipinski definition) is 4. The van der Waals surface area contributed by atoms with E-state index in [0.29, 0.717) is 16.9 Å². The molecule has 0 radical (unpaired) electrons. The van der Waals surface area contributed by atoms with E-state index in [9.17, 15) is 14.0 Å². The molecule has 2 aromatic carbocycles. The lowest BCUT2D eigenvalue weighted by atomic mass is 10.1. The monoisotopic (exact) mass is 386 g/mol. The van der Waals surface area contributed by atoms with E-state index in [4.69, 9.17) is 10.5 Å². The van der Waals surface area contributed by atoms with Crippen molar-refractivity contribution < 1.29 is 18.7 Å². The largest absolute Gasteiger partial charge is 0.489 e. The topological polar surface area (TPSA) is 81.4 Å². The van der Waals surface area contributed by atoms with Crippen molar-refractivity contribution in [2.24, 2.45) is 5.73 Å². The smallest absolute Gasteiger partial charge is 0.253 e. The number of fused-ring (bicyclic) bond motifs is 1. The highest BCUT2D eigenvalue weighted by Crippen LogP contribution is 2.33. The molecule has 0 aliphatic heterocycles. The molecule has 0 aliphatic rings. The van der Waals surface area contributed by atoms with Crippen LogP contribution < -0.4 is 15.8 Å². The van der Waals surface area contributed by atoms with E-state index >= 15 is 0 Å². The Kier molecular flexibility index (Phi) is 5.41. The lowest BCUT2D eigenvalue weighted by Gasteiger charge is -2.11. The summed E-state index contributed by atoms with van der Waals surface area (Å²) in [4.78, 5) is 24.6. The van der Waals surface area contributed by atoms with E-state index in [2.05, 4.69) is 5.32 Å². The zero-order valence-corrected chi connectivity index (χ0v) is 15.7. The Balaban J connectivity index is 1.87. The van der Waals surface area contributed by atoms with E-state index in [-0.39, 0.29) is 18.3 Å². The van der Waals surface area contributed by atoms with Crippen LogP contribution in [0.2, 0.25) is 0 Å². The molecule has 3 aromatic rings. The number of nitrogens with one attached hydrogen (secondary N) is 1. The molecular formula is C20H19FN2O3S. The van der Waals surface area contributed by atoms with Crippen LogP contribution in [-0.2, 0) is 11.4 Å². The second kappa shape index (κ2) is 7.75. The highest BCUT2D eigenvalue weighted by Gasteiger charge is 2.20. The maximum Gasteiger partial charge on any atom is 0.253 e. The van der Waals surface area contributed by atoms with Gasteiger partial charge in [-0.25, -0.2) is 4.39 Å². The van der Waals surface area contributed by atoms with E-state index in [0.717, 1.165) is 15.0 Å². The third-order valence-corrected chi connectivity index (χ3v) is 5.28. The molecule has 0 saturated carbocycles. The fourth-order valence-corrected chi connectivity index (χ4v) is 3.73. The number of rotatable bonds is 6. The lowest BCUT2D eigenvalue weighted by Crippen LogP contribution is -2.42. The Labute approximate surface area is 159 Å². The van der Waals surface area contributed by atoms with Crippen molar-refractivity contribution in [3.63, 3.8) is 0 Å². The number of halogens is 1. The molecule has 0 aliphatic carbocycles. The van der Waals surface area contributed by atoms with Crippen LogP contribution in [0.15, 0.2) is 42.5 Å². The second-order valence-corrected chi connectivity index (χ2v) is 7.43. The number of thiophene rings is 1. The Morgan fingerprint density at radius 3 is 2.70 bits per heavy atom. The molecule has 0 saturated heterocycles. The van der Waals surface area contributed by atoms with Crippen molar-refractivity contribution >= 4 is 33.2 Å². The minimum absolute atomic E-state index is 0.0849. The first-order valence-electron chi connectivity index (χ1n) is 8.36. The second-order valence-electron chi connectivity index (χ2n) is 6.17. The van der Waals surface area contributed by atoms with Crippen LogP contribution in [0, 0.1) is 12.7 Å². The van der Waals surface area contributed by atoms with Crippen LogP contribution in [0.25, 0.3) is 10.1 Å². The number of aryl methyl sites for hydroxylation is 1. The molecule has 1 aromatic heterocycles. The van der Waals surface area contributed by atoms with Gasteiger partial charge in [0, 0.05) is 20.5 Å². The van der Waals surface area contributed by atoms with Gasteiger partial charge in [0.25, 0.3) is 5.91 Å². The summed E-state index contributed by atoms with van der Waals surface area (Å²) in [5, 5.41) is 3.32. The average molecular weight is 386 g/mol. The van der Waals surface area contributed by atoms with Gasteiger partial charge in [-0.2, -0.15) is 0 Å². The van der Waals surface area contributed by atoms with Gasteiger partial charge in [0.15, 0.2) is 0 Å². The maximum atomic E-state index is 13.7. The number of ether oxygens (including phenoxy) is 1. The van der Waals surface area contributed by atoms with Gasteiger partial charge in [0.2, 0.25) is 5.91 Å². The Morgan fingerprint density at radius 1 is 1.26 bits per heavy atom. The number of primary amides is 1. The fraction of sp³-hybridized carbons (Fsp3) is 0.200. The van der Waals surface area contributed by atoms with Crippen molar-refractivity contribution in [1.29, 1.82) is 0 Å². The molecule has 3 N–H and O–H groups in total. The summed E-state index contributed by atoms with van der Waals surface area (Å²) < 4.78 is 20.4. The van der Waals surface area contributed by atoms with E-state index in [1.165, 1.54) is 24.3 Å². The van der Waals surface area contributed by atoms with Gasteiger partial charge in [-0.1, -0.05) is 18.2 Å². The number of amides is 2. The van der Waals surface area contributed by atoms with Gasteiger partial charge in [0.05, 0.1) is 5.56 Å². The van der Waals surface area contributed by atoms with Gasteiger partial charge in [-0.05, 0) is 38.1 Å². The van der Waals surface area contributed by atoms with Crippen LogP contribution in [0.1, 0.15) is 27.7 Å². The van der Waals surface area contributed by atoms with Gasteiger partial charge in [-0.15, -0.1) is 11.3 Å². The van der Waals surface area contributed by atoms with Gasteiger partial charge >= 0.3 is 0 Å². The molecule has 0 fully saturated rings. The average Bonchev–Trinajstić information content (AvgIpc) is 2.96. The lowest BCUT2D eigenvalue weighted by molar-refractivity contribution is -0.119. The third kappa shape index (κ3) is 4.09. The number of carbonyl (C=O) groups excluding carboxylic acids is 2. The zero-order valence-electron chi connectivity index (χ0n) is 14.9. The normalized spacial score (nSPS) is 12.0. The molecule has 1 unspecified atom stereocenters. The summed E-state index contributed by atoms with van der Waals surface area (Å²) in [6.45, 7) is 3.46. The molecular weight excluding hydrogens is 367 g/mol. The van der Waals surface area contributed by atoms with Crippen LogP contribution in [0.3, 0.4) is 0 Å². The quantitative estimate of drug-likeness (QED) is 0.680. The molecule has 1 heterocycles. The molecule has 1 atom stereocenters. The minimum Gasteiger partial charge on any atom is -0.489 e. The summed E-state index contributed by atoms with van der Waals surface area (Å²) >= 11 is 1.48. The SMILES string of the molecule is Cc1sc2ccc(OCc3ccccc3F)cc2c1C(=O)NC(C)C(N)=O. The summed E-state index contributed by atoms with van der Waals surface area (Å²) in [5.41, 5.74) is 6.15.